The van der Waals surface area contributed by atoms with E-state index in [0.717, 1.165) is 44.2 Å². The van der Waals surface area contributed by atoms with E-state index in [1.807, 2.05) is 4.90 Å². The number of anilines is 1. The van der Waals surface area contributed by atoms with Gasteiger partial charge in [0.1, 0.15) is 0 Å². The summed E-state index contributed by atoms with van der Waals surface area (Å²) in [6.45, 7) is 5.02. The molecular weight excluding hydrogens is 362 g/mol. The molecule has 0 bridgehead atoms. The highest BCUT2D eigenvalue weighted by Gasteiger charge is 2.31. The molecule has 1 aromatic rings. The first-order chi connectivity index (χ1) is 13.0. The van der Waals surface area contributed by atoms with Crippen LogP contribution in [-0.2, 0) is 35.7 Å². The van der Waals surface area contributed by atoms with E-state index >= 15 is 0 Å². The molecule has 0 atom stereocenters. The maximum Gasteiger partial charge on any atom is 0.332 e. The zero-order valence-corrected chi connectivity index (χ0v) is 16.4. The van der Waals surface area contributed by atoms with Crippen molar-refractivity contribution in [2.24, 2.45) is 0 Å². The van der Waals surface area contributed by atoms with Gasteiger partial charge in [0.05, 0.1) is 5.25 Å². The summed E-state index contributed by atoms with van der Waals surface area (Å²) < 4.78 is 27.5. The van der Waals surface area contributed by atoms with Crippen molar-refractivity contribution in [3.05, 3.63) is 41.1 Å². The van der Waals surface area contributed by atoms with Crippen molar-refractivity contribution in [1.82, 2.24) is 9.62 Å². The van der Waals surface area contributed by atoms with Gasteiger partial charge in [0.25, 0.3) is 0 Å². The molecule has 146 valence electrons. The van der Waals surface area contributed by atoms with Crippen LogP contribution in [0.2, 0.25) is 0 Å². The summed E-state index contributed by atoms with van der Waals surface area (Å²) in [6, 6.07) is 1.66. The highest BCUT2D eigenvalue weighted by molar-refractivity contribution is 7.90. The number of carbonyl (C=O) groups excluding carboxylic acids is 1. The Morgan fingerprint density at radius 1 is 1.07 bits per heavy atom. The number of piperidine rings is 1. The van der Waals surface area contributed by atoms with E-state index in [1.165, 1.54) is 22.3 Å². The molecule has 1 aliphatic heterocycles. The van der Waals surface area contributed by atoms with Crippen LogP contribution in [0.5, 0.6) is 0 Å². The van der Waals surface area contributed by atoms with Crippen molar-refractivity contribution in [3.63, 3.8) is 0 Å². The Bertz CT molecular complexity index is 839. The van der Waals surface area contributed by atoms with Crippen molar-refractivity contribution in [1.29, 1.82) is 0 Å². The Balaban J connectivity index is 1.48. The average Bonchev–Trinajstić information content (AvgIpc) is 3.30. The van der Waals surface area contributed by atoms with Crippen LogP contribution in [0.15, 0.2) is 18.8 Å². The van der Waals surface area contributed by atoms with Crippen LogP contribution in [0.1, 0.15) is 47.9 Å². The van der Waals surface area contributed by atoms with E-state index in [2.05, 4.69) is 22.7 Å². The summed E-state index contributed by atoms with van der Waals surface area (Å²) in [6.07, 6.45) is 8.91. The molecule has 0 spiro atoms. The maximum absolute atomic E-state index is 12.6. The number of hydrogen-bond donors (Lipinski definition) is 2. The SMILES string of the molecule is C=CN1CCC(S(=O)(=O)NC(=O)Nc2c3c(cc4c2CCC4)CCC3)CC1. The van der Waals surface area contributed by atoms with Crippen LogP contribution in [0.25, 0.3) is 0 Å². The number of sulfonamides is 1. The van der Waals surface area contributed by atoms with E-state index in [9.17, 15) is 13.2 Å². The van der Waals surface area contributed by atoms with E-state index in [-0.39, 0.29) is 0 Å². The predicted molar refractivity (Wildman–Crippen MR) is 106 cm³/mol. The Morgan fingerprint density at radius 2 is 1.67 bits per heavy atom. The van der Waals surface area contributed by atoms with Gasteiger partial charge in [-0.05, 0) is 79.8 Å². The number of aryl methyl sites for hydroxylation is 2. The molecule has 27 heavy (non-hydrogen) atoms. The van der Waals surface area contributed by atoms with Crippen LogP contribution in [0.3, 0.4) is 0 Å². The number of benzene rings is 1. The van der Waals surface area contributed by atoms with Crippen molar-refractivity contribution in [3.8, 4) is 0 Å². The fourth-order valence-corrected chi connectivity index (χ4v) is 5.99. The fraction of sp³-hybridized carbons (Fsp3) is 0.550. The Hall–Kier alpha value is -2.02. The van der Waals surface area contributed by atoms with Gasteiger partial charge in [-0.2, -0.15) is 0 Å². The molecular formula is C20H27N3O3S. The number of rotatable bonds is 4. The van der Waals surface area contributed by atoms with Crippen LogP contribution >= 0.6 is 0 Å². The predicted octanol–water partition coefficient (Wildman–Crippen LogP) is 2.72. The molecule has 1 saturated heterocycles. The second kappa shape index (κ2) is 7.19. The Labute approximate surface area is 161 Å². The van der Waals surface area contributed by atoms with Gasteiger partial charge >= 0.3 is 6.03 Å². The first-order valence-corrected chi connectivity index (χ1v) is 11.4. The molecule has 0 radical (unpaired) electrons. The number of amides is 2. The van der Waals surface area contributed by atoms with E-state index in [1.54, 1.807) is 6.20 Å². The summed E-state index contributed by atoms with van der Waals surface area (Å²) in [7, 11) is -3.69. The molecule has 4 rings (SSSR count). The second-order valence-corrected chi connectivity index (χ2v) is 9.71. The van der Waals surface area contributed by atoms with Crippen molar-refractivity contribution in [2.75, 3.05) is 18.4 Å². The molecule has 3 aliphatic rings. The largest absolute Gasteiger partial charge is 0.378 e. The lowest BCUT2D eigenvalue weighted by molar-refractivity contribution is 0.256. The molecule has 1 heterocycles. The van der Waals surface area contributed by atoms with Gasteiger partial charge in [-0.1, -0.05) is 12.6 Å². The van der Waals surface area contributed by atoms with E-state index in [4.69, 9.17) is 0 Å². The maximum atomic E-state index is 12.6. The molecule has 0 aromatic heterocycles. The van der Waals surface area contributed by atoms with Crippen molar-refractivity contribution < 1.29 is 13.2 Å². The van der Waals surface area contributed by atoms with Gasteiger partial charge in [0.2, 0.25) is 10.0 Å². The number of hydrogen-bond acceptors (Lipinski definition) is 4. The molecule has 2 N–H and O–H groups in total. The van der Waals surface area contributed by atoms with Gasteiger partial charge in [-0.25, -0.2) is 17.9 Å². The lowest BCUT2D eigenvalue weighted by Crippen LogP contribution is -2.45. The highest BCUT2D eigenvalue weighted by atomic mass is 32.2. The van der Waals surface area contributed by atoms with Crippen LogP contribution in [0, 0.1) is 0 Å². The minimum Gasteiger partial charge on any atom is -0.378 e. The zero-order chi connectivity index (χ0) is 19.0. The summed E-state index contributed by atoms with van der Waals surface area (Å²) in [5, 5.41) is 2.37. The summed E-state index contributed by atoms with van der Waals surface area (Å²) in [5.41, 5.74) is 5.88. The number of nitrogens with one attached hydrogen (secondary N) is 2. The Morgan fingerprint density at radius 3 is 2.22 bits per heavy atom. The molecule has 1 fully saturated rings. The smallest absolute Gasteiger partial charge is 0.332 e. The van der Waals surface area contributed by atoms with E-state index < -0.39 is 21.3 Å². The number of carbonyl (C=O) groups is 1. The van der Waals surface area contributed by atoms with Crippen LogP contribution < -0.4 is 10.0 Å². The molecule has 2 amide bonds. The second-order valence-electron chi connectivity index (χ2n) is 7.75. The third kappa shape index (κ3) is 3.57. The summed E-state index contributed by atoms with van der Waals surface area (Å²) in [5.74, 6) is 0. The number of urea groups is 1. The average molecular weight is 390 g/mol. The Kier molecular flexibility index (Phi) is 4.88. The lowest BCUT2D eigenvalue weighted by atomic mass is 9.99. The van der Waals surface area contributed by atoms with Gasteiger partial charge in [0, 0.05) is 18.8 Å². The minimum absolute atomic E-state index is 0.505. The number of likely N-dealkylation sites (tertiary alicyclic amines) is 1. The standard InChI is InChI=1S/C20H27N3O3S/c1-2-23-11-9-16(10-12-23)27(25,26)22-20(24)21-19-17-7-3-5-14(17)13-15-6-4-8-18(15)19/h2,13,16H,1,3-12H2,(H2,21,22,24). The zero-order valence-electron chi connectivity index (χ0n) is 15.6. The molecule has 2 aliphatic carbocycles. The first kappa shape index (κ1) is 18.3. The first-order valence-electron chi connectivity index (χ1n) is 9.83. The topological polar surface area (TPSA) is 78.5 Å². The van der Waals surface area contributed by atoms with Crippen LogP contribution in [-0.4, -0.2) is 37.7 Å². The van der Waals surface area contributed by atoms with Crippen LogP contribution in [0.4, 0.5) is 10.5 Å². The normalized spacial score (nSPS) is 19.5. The third-order valence-corrected chi connectivity index (χ3v) is 7.94. The van der Waals surface area contributed by atoms with Gasteiger partial charge in [-0.15, -0.1) is 0 Å². The monoisotopic (exact) mass is 389 g/mol. The number of nitrogens with zero attached hydrogens (tertiary/aromatic N) is 1. The lowest BCUT2D eigenvalue weighted by Gasteiger charge is -2.30. The van der Waals surface area contributed by atoms with Crippen molar-refractivity contribution >= 4 is 21.7 Å². The van der Waals surface area contributed by atoms with Gasteiger partial charge < -0.3 is 10.2 Å². The molecule has 7 heteroatoms. The van der Waals surface area contributed by atoms with Gasteiger partial charge in [0.15, 0.2) is 0 Å². The summed E-state index contributed by atoms with van der Waals surface area (Å²) in [4.78, 5) is 14.6. The summed E-state index contributed by atoms with van der Waals surface area (Å²) >= 11 is 0. The van der Waals surface area contributed by atoms with Crippen molar-refractivity contribution in [2.45, 2.75) is 56.6 Å². The van der Waals surface area contributed by atoms with Gasteiger partial charge in [-0.3, -0.25) is 0 Å². The molecule has 0 unspecified atom stereocenters. The molecule has 0 saturated carbocycles. The van der Waals surface area contributed by atoms with E-state index in [0.29, 0.717) is 25.9 Å². The molecule has 1 aromatic carbocycles. The number of fused-ring (bicyclic) bond motifs is 2. The third-order valence-electron chi connectivity index (χ3n) is 6.12. The fourth-order valence-electron chi connectivity index (χ4n) is 4.69. The minimum atomic E-state index is -3.69. The highest BCUT2D eigenvalue weighted by Crippen LogP contribution is 2.38. The molecule has 6 nitrogen and oxygen atoms in total. The quantitative estimate of drug-likeness (QED) is 0.830.